The summed E-state index contributed by atoms with van der Waals surface area (Å²) >= 11 is 0. The summed E-state index contributed by atoms with van der Waals surface area (Å²) in [6.07, 6.45) is 0. The molecular formula is C16H22N4. The van der Waals surface area contributed by atoms with Gasteiger partial charge >= 0.3 is 0 Å². The van der Waals surface area contributed by atoms with E-state index >= 15 is 0 Å². The number of piperazine rings is 1. The van der Waals surface area contributed by atoms with Crippen molar-refractivity contribution in [1.82, 2.24) is 14.8 Å². The number of fused-ring (bicyclic) bond motifs is 1. The van der Waals surface area contributed by atoms with Crippen LogP contribution < -0.4 is 5.73 Å². The van der Waals surface area contributed by atoms with Gasteiger partial charge in [-0.3, -0.25) is 9.88 Å². The Balaban J connectivity index is 1.84. The summed E-state index contributed by atoms with van der Waals surface area (Å²) in [5.41, 5.74) is 9.04. The van der Waals surface area contributed by atoms with E-state index in [-0.39, 0.29) is 0 Å². The number of anilines is 1. The number of aromatic nitrogens is 1. The number of hydrogen-bond donors (Lipinski definition) is 1. The molecule has 2 heterocycles. The molecule has 2 aromatic rings. The third-order valence-electron chi connectivity index (χ3n) is 4.13. The van der Waals surface area contributed by atoms with Gasteiger partial charge in [-0.1, -0.05) is 18.2 Å². The third kappa shape index (κ3) is 2.62. The quantitative estimate of drug-likeness (QED) is 0.906. The van der Waals surface area contributed by atoms with Crippen LogP contribution >= 0.6 is 0 Å². The Morgan fingerprint density at radius 1 is 1.30 bits per heavy atom. The molecule has 0 aliphatic carbocycles. The summed E-state index contributed by atoms with van der Waals surface area (Å²) < 4.78 is 0. The van der Waals surface area contributed by atoms with Gasteiger partial charge in [-0.15, -0.1) is 0 Å². The van der Waals surface area contributed by atoms with Crippen LogP contribution in [0.4, 0.5) is 5.69 Å². The van der Waals surface area contributed by atoms with Crippen LogP contribution in [0, 0.1) is 0 Å². The van der Waals surface area contributed by atoms with E-state index in [1.54, 1.807) is 0 Å². The molecule has 4 heteroatoms. The zero-order valence-electron chi connectivity index (χ0n) is 12.2. The zero-order chi connectivity index (χ0) is 14.1. The van der Waals surface area contributed by atoms with Crippen LogP contribution in [0.3, 0.4) is 0 Å². The second-order valence-corrected chi connectivity index (χ2v) is 5.80. The summed E-state index contributed by atoms with van der Waals surface area (Å²) in [7, 11) is 2.18. The van der Waals surface area contributed by atoms with E-state index in [4.69, 9.17) is 10.7 Å². The highest BCUT2D eigenvalue weighted by Gasteiger charge is 2.21. The van der Waals surface area contributed by atoms with Crippen molar-refractivity contribution in [3.63, 3.8) is 0 Å². The molecule has 20 heavy (non-hydrogen) atoms. The lowest BCUT2D eigenvalue weighted by atomic mass is 10.1. The van der Waals surface area contributed by atoms with E-state index in [1.807, 2.05) is 30.3 Å². The van der Waals surface area contributed by atoms with Gasteiger partial charge in [0.2, 0.25) is 0 Å². The number of likely N-dealkylation sites (N-methyl/N-ethyl adjacent to an activating group) is 1. The smallest absolute Gasteiger partial charge is 0.0726 e. The fraction of sp³-hybridized carbons (Fsp3) is 0.438. The first-order valence-electron chi connectivity index (χ1n) is 7.20. The first kappa shape index (κ1) is 13.3. The molecule has 0 amide bonds. The van der Waals surface area contributed by atoms with Crippen molar-refractivity contribution in [1.29, 1.82) is 0 Å². The van der Waals surface area contributed by atoms with E-state index in [9.17, 15) is 0 Å². The fourth-order valence-electron chi connectivity index (χ4n) is 2.96. The Hall–Kier alpha value is -1.65. The van der Waals surface area contributed by atoms with Crippen molar-refractivity contribution in [2.75, 3.05) is 32.4 Å². The summed E-state index contributed by atoms with van der Waals surface area (Å²) in [6.45, 7) is 6.48. The number of nitrogens with zero attached hydrogens (tertiary/aromatic N) is 3. The van der Waals surface area contributed by atoms with E-state index in [0.717, 1.165) is 48.5 Å². The van der Waals surface area contributed by atoms with Gasteiger partial charge in [-0.25, -0.2) is 0 Å². The predicted molar refractivity (Wildman–Crippen MR) is 83.5 cm³/mol. The summed E-state index contributed by atoms with van der Waals surface area (Å²) in [4.78, 5) is 9.61. The third-order valence-corrected chi connectivity index (χ3v) is 4.13. The van der Waals surface area contributed by atoms with Gasteiger partial charge < -0.3 is 10.6 Å². The minimum absolute atomic E-state index is 0.559. The Morgan fingerprint density at radius 3 is 2.90 bits per heavy atom. The molecule has 106 valence electrons. The van der Waals surface area contributed by atoms with E-state index in [0.29, 0.717) is 6.04 Å². The fourth-order valence-corrected chi connectivity index (χ4v) is 2.96. The Morgan fingerprint density at radius 2 is 2.10 bits per heavy atom. The highest BCUT2D eigenvalue weighted by molar-refractivity contribution is 5.90. The maximum Gasteiger partial charge on any atom is 0.0726 e. The van der Waals surface area contributed by atoms with E-state index in [1.165, 1.54) is 0 Å². The average Bonchev–Trinajstić information content (AvgIpc) is 2.42. The number of nitrogen functional groups attached to an aromatic ring is 1. The normalized spacial score (nSPS) is 21.4. The largest absolute Gasteiger partial charge is 0.398 e. The SMILES string of the molecule is CC1CN(C)CCN1Cc1cc(N)c2ccccc2n1. The molecule has 1 aliphatic heterocycles. The minimum atomic E-state index is 0.559. The predicted octanol–water partition coefficient (Wildman–Crippen LogP) is 1.95. The van der Waals surface area contributed by atoms with Gasteiger partial charge in [0.15, 0.2) is 0 Å². The van der Waals surface area contributed by atoms with Crippen LogP contribution in [0.1, 0.15) is 12.6 Å². The molecule has 4 nitrogen and oxygen atoms in total. The number of pyridine rings is 1. The Kier molecular flexibility index (Phi) is 3.59. The number of nitrogens with two attached hydrogens (primary N) is 1. The van der Waals surface area contributed by atoms with Crippen molar-refractivity contribution in [3.05, 3.63) is 36.0 Å². The molecule has 0 saturated carbocycles. The van der Waals surface area contributed by atoms with Crippen molar-refractivity contribution >= 4 is 16.6 Å². The second-order valence-electron chi connectivity index (χ2n) is 5.80. The standard InChI is InChI=1S/C16H22N4/c1-12-10-19(2)7-8-20(12)11-13-9-15(17)14-5-3-4-6-16(14)18-13/h3-6,9,12H,7-8,10-11H2,1-2H3,(H2,17,18). The van der Waals surface area contributed by atoms with Gasteiger partial charge in [0, 0.05) is 43.3 Å². The lowest BCUT2D eigenvalue weighted by molar-refractivity contribution is 0.0928. The van der Waals surface area contributed by atoms with Crippen molar-refractivity contribution < 1.29 is 0 Å². The topological polar surface area (TPSA) is 45.4 Å². The molecule has 1 fully saturated rings. The molecule has 1 unspecified atom stereocenters. The van der Waals surface area contributed by atoms with Gasteiger partial charge in [0.05, 0.1) is 11.2 Å². The van der Waals surface area contributed by atoms with Crippen molar-refractivity contribution in [3.8, 4) is 0 Å². The minimum Gasteiger partial charge on any atom is -0.398 e. The maximum atomic E-state index is 6.15. The molecule has 2 N–H and O–H groups in total. The number of para-hydroxylation sites is 1. The first-order chi connectivity index (χ1) is 9.63. The van der Waals surface area contributed by atoms with Crippen LogP contribution in [0.5, 0.6) is 0 Å². The average molecular weight is 270 g/mol. The molecule has 0 spiro atoms. The van der Waals surface area contributed by atoms with Crippen LogP contribution in [-0.4, -0.2) is 47.5 Å². The van der Waals surface area contributed by atoms with Gasteiger partial charge in [0.1, 0.15) is 0 Å². The van der Waals surface area contributed by atoms with Crippen LogP contribution in [-0.2, 0) is 6.54 Å². The zero-order valence-corrected chi connectivity index (χ0v) is 12.2. The molecule has 0 radical (unpaired) electrons. The number of rotatable bonds is 2. The van der Waals surface area contributed by atoms with E-state index < -0.39 is 0 Å². The molecule has 1 atom stereocenters. The molecule has 1 saturated heterocycles. The highest BCUT2D eigenvalue weighted by atomic mass is 15.3. The highest BCUT2D eigenvalue weighted by Crippen LogP contribution is 2.21. The van der Waals surface area contributed by atoms with Gasteiger partial charge in [0.25, 0.3) is 0 Å². The van der Waals surface area contributed by atoms with Gasteiger partial charge in [-0.05, 0) is 26.1 Å². The van der Waals surface area contributed by atoms with E-state index in [2.05, 4.69) is 23.8 Å². The molecule has 1 aromatic carbocycles. The van der Waals surface area contributed by atoms with Gasteiger partial charge in [-0.2, -0.15) is 0 Å². The molecule has 0 bridgehead atoms. The van der Waals surface area contributed by atoms with Crippen LogP contribution in [0.15, 0.2) is 30.3 Å². The summed E-state index contributed by atoms with van der Waals surface area (Å²) in [5.74, 6) is 0. The first-order valence-corrected chi connectivity index (χ1v) is 7.20. The van der Waals surface area contributed by atoms with Crippen molar-refractivity contribution in [2.45, 2.75) is 19.5 Å². The van der Waals surface area contributed by atoms with Crippen LogP contribution in [0.25, 0.3) is 10.9 Å². The maximum absolute atomic E-state index is 6.15. The Bertz CT molecular complexity index is 610. The lowest BCUT2D eigenvalue weighted by Crippen LogP contribution is -2.49. The summed E-state index contributed by atoms with van der Waals surface area (Å²) in [6, 6.07) is 10.7. The number of benzene rings is 1. The Labute approximate surface area is 120 Å². The van der Waals surface area contributed by atoms with Crippen LogP contribution in [0.2, 0.25) is 0 Å². The molecular weight excluding hydrogens is 248 g/mol. The molecule has 1 aromatic heterocycles. The second kappa shape index (κ2) is 5.38. The molecule has 1 aliphatic rings. The lowest BCUT2D eigenvalue weighted by Gasteiger charge is -2.38. The monoisotopic (exact) mass is 270 g/mol. The number of hydrogen-bond acceptors (Lipinski definition) is 4. The van der Waals surface area contributed by atoms with Crippen molar-refractivity contribution in [2.24, 2.45) is 0 Å². The molecule has 3 rings (SSSR count). The summed E-state index contributed by atoms with van der Waals surface area (Å²) in [5, 5.41) is 1.04.